The highest BCUT2D eigenvalue weighted by Crippen LogP contribution is 2.22. The number of nitro groups is 1. The topological polar surface area (TPSA) is 92.5 Å². The van der Waals surface area contributed by atoms with Crippen LogP contribution in [0.2, 0.25) is 0 Å². The smallest absolute Gasteiger partial charge is 0.343 e. The molecule has 0 aliphatic heterocycles. The first-order valence-electron chi connectivity index (χ1n) is 4.97. The highest BCUT2D eigenvalue weighted by molar-refractivity contribution is 9.11. The van der Waals surface area contributed by atoms with Crippen molar-refractivity contribution in [3.63, 3.8) is 0 Å². The minimum atomic E-state index is -1.31. The summed E-state index contributed by atoms with van der Waals surface area (Å²) in [6.45, 7) is 4.28. The highest BCUT2D eigenvalue weighted by atomic mass is 79.9. The van der Waals surface area contributed by atoms with Gasteiger partial charge in [0.1, 0.15) is 5.56 Å². The van der Waals surface area contributed by atoms with Crippen LogP contribution in [0.4, 0.5) is 5.69 Å². The molecule has 0 fully saturated rings. The number of nitrogens with zero attached hydrogens (tertiary/aromatic N) is 1. The standard InChI is InChI=1S/C11H11BrN2O4/c1-7(12)5-13-6-8-3-2-4-9(14(17)18)10(8)11(15)16/h2-4,13H,1,5-6H2,(H,15,16). The molecule has 0 amide bonds. The second kappa shape index (κ2) is 6.27. The summed E-state index contributed by atoms with van der Waals surface area (Å²) >= 11 is 3.15. The molecule has 6 nitrogen and oxygen atoms in total. The number of aromatic carboxylic acids is 1. The Hall–Kier alpha value is -1.73. The fourth-order valence-corrected chi connectivity index (χ4v) is 1.66. The number of nitrogens with one attached hydrogen (secondary N) is 1. The van der Waals surface area contributed by atoms with Crippen LogP contribution in [-0.4, -0.2) is 22.5 Å². The van der Waals surface area contributed by atoms with Gasteiger partial charge in [-0.15, -0.1) is 0 Å². The van der Waals surface area contributed by atoms with Crippen molar-refractivity contribution in [1.29, 1.82) is 0 Å². The van der Waals surface area contributed by atoms with Crippen LogP contribution in [0.25, 0.3) is 0 Å². The van der Waals surface area contributed by atoms with E-state index in [1.54, 1.807) is 6.07 Å². The molecule has 1 aromatic rings. The third-order valence-electron chi connectivity index (χ3n) is 2.17. The third kappa shape index (κ3) is 3.64. The quantitative estimate of drug-likeness (QED) is 0.620. The summed E-state index contributed by atoms with van der Waals surface area (Å²) in [6, 6.07) is 4.18. The number of hydrogen-bond donors (Lipinski definition) is 2. The van der Waals surface area contributed by atoms with E-state index in [0.717, 1.165) is 0 Å². The Morgan fingerprint density at radius 1 is 1.56 bits per heavy atom. The zero-order chi connectivity index (χ0) is 13.7. The molecule has 0 radical (unpaired) electrons. The lowest BCUT2D eigenvalue weighted by Crippen LogP contribution is -2.17. The van der Waals surface area contributed by atoms with E-state index in [9.17, 15) is 14.9 Å². The summed E-state index contributed by atoms with van der Waals surface area (Å²) in [7, 11) is 0. The van der Waals surface area contributed by atoms with Crippen molar-refractivity contribution in [3.05, 3.63) is 50.5 Å². The van der Waals surface area contributed by atoms with Crippen molar-refractivity contribution in [2.75, 3.05) is 6.54 Å². The van der Waals surface area contributed by atoms with E-state index in [4.69, 9.17) is 5.11 Å². The van der Waals surface area contributed by atoms with E-state index in [1.807, 2.05) is 0 Å². The Bertz CT molecular complexity index is 502. The first kappa shape index (κ1) is 14.3. The Morgan fingerprint density at radius 2 is 2.22 bits per heavy atom. The van der Waals surface area contributed by atoms with Gasteiger partial charge in [0, 0.05) is 23.6 Å². The number of carboxylic acid groups (broad SMARTS) is 1. The number of halogens is 1. The van der Waals surface area contributed by atoms with Crippen LogP contribution < -0.4 is 5.32 Å². The molecule has 0 saturated heterocycles. The fourth-order valence-electron chi connectivity index (χ4n) is 1.47. The minimum absolute atomic E-state index is 0.216. The van der Waals surface area contributed by atoms with Crippen molar-refractivity contribution >= 4 is 27.6 Å². The predicted octanol–water partition coefficient (Wildman–Crippen LogP) is 2.29. The summed E-state index contributed by atoms with van der Waals surface area (Å²) in [6.07, 6.45) is 0. The maximum Gasteiger partial charge on any atom is 0.343 e. The molecular weight excluding hydrogens is 304 g/mol. The van der Waals surface area contributed by atoms with Crippen LogP contribution in [0, 0.1) is 10.1 Å². The molecule has 1 aromatic carbocycles. The Labute approximate surface area is 112 Å². The minimum Gasteiger partial charge on any atom is -0.477 e. The Kier molecular flexibility index (Phi) is 4.99. The molecule has 0 saturated carbocycles. The van der Waals surface area contributed by atoms with Crippen molar-refractivity contribution < 1.29 is 14.8 Å². The first-order chi connectivity index (χ1) is 8.43. The van der Waals surface area contributed by atoms with Gasteiger partial charge in [-0.1, -0.05) is 34.6 Å². The molecule has 0 unspecified atom stereocenters. The van der Waals surface area contributed by atoms with Gasteiger partial charge >= 0.3 is 5.97 Å². The maximum atomic E-state index is 11.1. The fraction of sp³-hybridized carbons (Fsp3) is 0.182. The Morgan fingerprint density at radius 3 is 2.72 bits per heavy atom. The van der Waals surface area contributed by atoms with E-state index in [2.05, 4.69) is 27.8 Å². The van der Waals surface area contributed by atoms with E-state index in [1.165, 1.54) is 12.1 Å². The molecule has 0 aromatic heterocycles. The second-order valence-electron chi connectivity index (χ2n) is 3.49. The van der Waals surface area contributed by atoms with Crippen molar-refractivity contribution in [2.24, 2.45) is 0 Å². The first-order valence-corrected chi connectivity index (χ1v) is 5.76. The molecule has 18 heavy (non-hydrogen) atoms. The number of benzene rings is 1. The van der Waals surface area contributed by atoms with Crippen LogP contribution in [0.5, 0.6) is 0 Å². The molecule has 0 atom stereocenters. The average molecular weight is 315 g/mol. The van der Waals surface area contributed by atoms with Gasteiger partial charge in [-0.25, -0.2) is 4.79 Å². The van der Waals surface area contributed by atoms with Crippen molar-refractivity contribution in [1.82, 2.24) is 5.32 Å². The van der Waals surface area contributed by atoms with Crippen molar-refractivity contribution in [2.45, 2.75) is 6.54 Å². The molecule has 0 spiro atoms. The van der Waals surface area contributed by atoms with Crippen LogP contribution in [0.15, 0.2) is 29.3 Å². The monoisotopic (exact) mass is 314 g/mol. The van der Waals surface area contributed by atoms with E-state index in [0.29, 0.717) is 16.6 Å². The van der Waals surface area contributed by atoms with E-state index in [-0.39, 0.29) is 12.1 Å². The zero-order valence-corrected chi connectivity index (χ0v) is 10.9. The lowest BCUT2D eigenvalue weighted by molar-refractivity contribution is -0.385. The number of nitro benzene ring substituents is 1. The largest absolute Gasteiger partial charge is 0.477 e. The van der Waals surface area contributed by atoms with Crippen LogP contribution in [0.1, 0.15) is 15.9 Å². The van der Waals surface area contributed by atoms with Gasteiger partial charge in [0.2, 0.25) is 0 Å². The number of carbonyl (C=O) groups is 1. The number of hydrogen-bond acceptors (Lipinski definition) is 4. The van der Waals surface area contributed by atoms with Crippen molar-refractivity contribution in [3.8, 4) is 0 Å². The lowest BCUT2D eigenvalue weighted by Gasteiger charge is -2.07. The van der Waals surface area contributed by atoms with Gasteiger partial charge in [-0.05, 0) is 5.56 Å². The summed E-state index contributed by atoms with van der Waals surface area (Å²) in [5.41, 5.74) is -0.319. The van der Waals surface area contributed by atoms with Gasteiger partial charge in [0.05, 0.1) is 4.92 Å². The zero-order valence-electron chi connectivity index (χ0n) is 9.35. The lowest BCUT2D eigenvalue weighted by atomic mass is 10.1. The van der Waals surface area contributed by atoms with Crippen LogP contribution >= 0.6 is 15.9 Å². The number of rotatable bonds is 6. The van der Waals surface area contributed by atoms with Gasteiger partial charge in [-0.2, -0.15) is 0 Å². The average Bonchev–Trinajstić information content (AvgIpc) is 2.27. The molecule has 0 aliphatic carbocycles. The van der Waals surface area contributed by atoms with Crippen LogP contribution in [-0.2, 0) is 6.54 Å². The molecule has 0 aliphatic rings. The molecule has 0 bridgehead atoms. The molecule has 2 N–H and O–H groups in total. The van der Waals surface area contributed by atoms with E-state index >= 15 is 0 Å². The van der Waals surface area contributed by atoms with Gasteiger partial charge in [0.25, 0.3) is 5.69 Å². The highest BCUT2D eigenvalue weighted by Gasteiger charge is 2.22. The summed E-state index contributed by atoms with van der Waals surface area (Å²) in [5.74, 6) is -1.31. The summed E-state index contributed by atoms with van der Waals surface area (Å²) < 4.78 is 0.713. The molecule has 96 valence electrons. The summed E-state index contributed by atoms with van der Waals surface area (Å²) in [4.78, 5) is 21.1. The summed E-state index contributed by atoms with van der Waals surface area (Å²) in [5, 5.41) is 22.7. The molecule has 0 heterocycles. The van der Waals surface area contributed by atoms with Gasteiger partial charge in [0.15, 0.2) is 0 Å². The van der Waals surface area contributed by atoms with Crippen LogP contribution in [0.3, 0.4) is 0 Å². The Balaban J connectivity index is 3.03. The second-order valence-corrected chi connectivity index (χ2v) is 4.62. The molecule has 1 rings (SSSR count). The predicted molar refractivity (Wildman–Crippen MR) is 69.8 cm³/mol. The molecule has 7 heteroatoms. The molecular formula is C11H11BrN2O4. The number of carboxylic acids is 1. The van der Waals surface area contributed by atoms with E-state index < -0.39 is 16.6 Å². The maximum absolute atomic E-state index is 11.1. The SMILES string of the molecule is C=C(Br)CNCc1cccc([N+](=O)[O-])c1C(=O)O. The van der Waals surface area contributed by atoms with Gasteiger partial charge < -0.3 is 10.4 Å². The van der Waals surface area contributed by atoms with Gasteiger partial charge in [-0.3, -0.25) is 10.1 Å². The third-order valence-corrected chi connectivity index (χ3v) is 2.45. The normalized spacial score (nSPS) is 10.1.